The Labute approximate surface area is 161 Å². The number of rotatable bonds is 6. The Morgan fingerprint density at radius 1 is 1.07 bits per heavy atom. The first-order chi connectivity index (χ1) is 13.3. The van der Waals surface area contributed by atoms with Gasteiger partial charge >= 0.3 is 0 Å². The van der Waals surface area contributed by atoms with Crippen LogP contribution in [0.4, 0.5) is 5.82 Å². The van der Waals surface area contributed by atoms with Crippen molar-refractivity contribution < 1.29 is 0 Å². The minimum absolute atomic E-state index is 0.829. The molecule has 1 N–H and O–H groups in total. The summed E-state index contributed by atoms with van der Waals surface area (Å²) in [4.78, 5) is 11.6. The molecular formula is C23H28N4. The van der Waals surface area contributed by atoms with Crippen molar-refractivity contribution in [3.63, 3.8) is 0 Å². The average Bonchev–Trinajstić information content (AvgIpc) is 2.70. The highest BCUT2D eigenvalue weighted by molar-refractivity contribution is 5.79. The molecule has 0 spiro atoms. The second-order valence-corrected chi connectivity index (χ2v) is 7.62. The Balaban J connectivity index is 1.22. The fourth-order valence-electron chi connectivity index (χ4n) is 3.92. The lowest BCUT2D eigenvalue weighted by Crippen LogP contribution is -2.37. The maximum absolute atomic E-state index is 4.71. The number of nitrogens with zero attached hydrogens (tertiary/aromatic N) is 3. The standard InChI is InChI=1S/C23H28N4/c1-18-15-22-21(17-25-18)7-8-23(26-22)24-11-14-27-12-9-20(10-13-27)16-19-5-3-2-4-6-19/h2-8,15,17,20H,9-14,16H2,1H3,(H,24,26). The molecular weight excluding hydrogens is 332 g/mol. The lowest BCUT2D eigenvalue weighted by molar-refractivity contribution is 0.190. The lowest BCUT2D eigenvalue weighted by Gasteiger charge is -2.32. The number of anilines is 1. The summed E-state index contributed by atoms with van der Waals surface area (Å²) in [7, 11) is 0. The SMILES string of the molecule is Cc1cc2nc(NCCN3CCC(Cc4ccccc4)CC3)ccc2cn1. The second-order valence-electron chi connectivity index (χ2n) is 7.62. The van der Waals surface area contributed by atoms with E-state index in [1.807, 2.05) is 25.3 Å². The zero-order valence-electron chi connectivity index (χ0n) is 16.1. The van der Waals surface area contributed by atoms with E-state index in [1.165, 1.54) is 37.9 Å². The van der Waals surface area contributed by atoms with Crippen LogP contribution in [-0.2, 0) is 6.42 Å². The van der Waals surface area contributed by atoms with E-state index in [9.17, 15) is 0 Å². The molecule has 27 heavy (non-hydrogen) atoms. The van der Waals surface area contributed by atoms with Crippen molar-refractivity contribution in [3.05, 3.63) is 66.0 Å². The maximum atomic E-state index is 4.71. The van der Waals surface area contributed by atoms with Gasteiger partial charge in [-0.05, 0) is 69.0 Å². The van der Waals surface area contributed by atoms with Crippen LogP contribution in [-0.4, -0.2) is 41.0 Å². The Hall–Kier alpha value is -2.46. The van der Waals surface area contributed by atoms with Crippen molar-refractivity contribution in [2.45, 2.75) is 26.2 Å². The number of nitrogens with one attached hydrogen (secondary N) is 1. The first-order valence-electron chi connectivity index (χ1n) is 10.00. The fraction of sp³-hybridized carbons (Fsp3) is 0.391. The number of benzene rings is 1. The summed E-state index contributed by atoms with van der Waals surface area (Å²) in [6, 6.07) is 17.1. The van der Waals surface area contributed by atoms with E-state index in [2.05, 4.69) is 51.6 Å². The van der Waals surface area contributed by atoms with Crippen LogP contribution in [0, 0.1) is 12.8 Å². The monoisotopic (exact) mass is 360 g/mol. The predicted octanol–water partition coefficient (Wildman–Crippen LogP) is 4.30. The van der Waals surface area contributed by atoms with E-state index in [-0.39, 0.29) is 0 Å². The third-order valence-electron chi connectivity index (χ3n) is 5.52. The normalized spacial score (nSPS) is 15.9. The van der Waals surface area contributed by atoms with Crippen molar-refractivity contribution in [1.82, 2.24) is 14.9 Å². The second kappa shape index (κ2) is 8.49. The molecule has 0 amide bonds. The number of piperidine rings is 1. The minimum Gasteiger partial charge on any atom is -0.369 e. The molecule has 140 valence electrons. The van der Waals surface area contributed by atoms with Crippen molar-refractivity contribution in [1.29, 1.82) is 0 Å². The molecule has 0 bridgehead atoms. The van der Waals surface area contributed by atoms with Gasteiger partial charge in [-0.3, -0.25) is 4.98 Å². The van der Waals surface area contributed by atoms with Gasteiger partial charge < -0.3 is 10.2 Å². The Morgan fingerprint density at radius 3 is 2.70 bits per heavy atom. The topological polar surface area (TPSA) is 41.1 Å². The van der Waals surface area contributed by atoms with Gasteiger partial charge in [0.25, 0.3) is 0 Å². The van der Waals surface area contributed by atoms with Gasteiger partial charge in [0.1, 0.15) is 5.82 Å². The summed E-state index contributed by atoms with van der Waals surface area (Å²) in [6.45, 7) is 6.42. The molecule has 3 heterocycles. The third kappa shape index (κ3) is 4.83. The van der Waals surface area contributed by atoms with Crippen LogP contribution in [0.5, 0.6) is 0 Å². The molecule has 1 fully saturated rings. The van der Waals surface area contributed by atoms with Crippen LogP contribution < -0.4 is 5.32 Å². The number of hydrogen-bond donors (Lipinski definition) is 1. The Kier molecular flexibility index (Phi) is 5.64. The van der Waals surface area contributed by atoms with E-state index < -0.39 is 0 Å². The summed E-state index contributed by atoms with van der Waals surface area (Å²) in [5.41, 5.74) is 3.49. The molecule has 0 radical (unpaired) electrons. The summed E-state index contributed by atoms with van der Waals surface area (Å²) in [6.07, 6.45) is 5.72. The average molecular weight is 361 g/mol. The van der Waals surface area contributed by atoms with Gasteiger partial charge in [-0.25, -0.2) is 4.98 Å². The van der Waals surface area contributed by atoms with Crippen LogP contribution in [0.15, 0.2) is 54.7 Å². The number of likely N-dealkylation sites (tertiary alicyclic amines) is 1. The van der Waals surface area contributed by atoms with Crippen molar-refractivity contribution in [2.24, 2.45) is 5.92 Å². The van der Waals surface area contributed by atoms with Gasteiger partial charge in [-0.2, -0.15) is 0 Å². The molecule has 2 aromatic heterocycles. The number of hydrogen-bond acceptors (Lipinski definition) is 4. The molecule has 3 aromatic rings. The molecule has 4 rings (SSSR count). The van der Waals surface area contributed by atoms with E-state index in [4.69, 9.17) is 4.98 Å². The number of pyridine rings is 2. The van der Waals surface area contributed by atoms with E-state index in [0.29, 0.717) is 0 Å². The predicted molar refractivity (Wildman–Crippen MR) is 112 cm³/mol. The number of fused-ring (bicyclic) bond motifs is 1. The highest BCUT2D eigenvalue weighted by atomic mass is 15.1. The van der Waals surface area contributed by atoms with Crippen LogP contribution in [0.25, 0.3) is 10.9 Å². The van der Waals surface area contributed by atoms with E-state index in [0.717, 1.165) is 41.4 Å². The van der Waals surface area contributed by atoms with Crippen LogP contribution in [0.3, 0.4) is 0 Å². The van der Waals surface area contributed by atoms with Gasteiger partial charge in [0, 0.05) is 30.4 Å². The van der Waals surface area contributed by atoms with E-state index >= 15 is 0 Å². The molecule has 0 atom stereocenters. The zero-order valence-corrected chi connectivity index (χ0v) is 16.1. The fourth-order valence-corrected chi connectivity index (χ4v) is 3.92. The van der Waals surface area contributed by atoms with Gasteiger partial charge in [-0.15, -0.1) is 0 Å². The zero-order chi connectivity index (χ0) is 18.5. The van der Waals surface area contributed by atoms with Gasteiger partial charge in [0.15, 0.2) is 0 Å². The largest absolute Gasteiger partial charge is 0.369 e. The molecule has 1 aliphatic heterocycles. The molecule has 4 heteroatoms. The summed E-state index contributed by atoms with van der Waals surface area (Å²) in [5.74, 6) is 1.78. The Bertz CT molecular complexity index is 870. The molecule has 1 aliphatic rings. The first-order valence-corrected chi connectivity index (χ1v) is 10.00. The number of aromatic nitrogens is 2. The van der Waals surface area contributed by atoms with Gasteiger partial charge in [0.2, 0.25) is 0 Å². The molecule has 0 saturated carbocycles. The summed E-state index contributed by atoms with van der Waals surface area (Å²) < 4.78 is 0. The van der Waals surface area contributed by atoms with Crippen LogP contribution in [0.1, 0.15) is 24.1 Å². The molecule has 0 aliphatic carbocycles. The quantitative estimate of drug-likeness (QED) is 0.711. The molecule has 1 saturated heterocycles. The molecule has 0 unspecified atom stereocenters. The van der Waals surface area contributed by atoms with Crippen molar-refractivity contribution in [3.8, 4) is 0 Å². The van der Waals surface area contributed by atoms with Gasteiger partial charge in [0.05, 0.1) is 5.52 Å². The Morgan fingerprint density at radius 2 is 1.89 bits per heavy atom. The van der Waals surface area contributed by atoms with Crippen LogP contribution >= 0.6 is 0 Å². The summed E-state index contributed by atoms with van der Waals surface area (Å²) in [5, 5.41) is 4.57. The van der Waals surface area contributed by atoms with E-state index in [1.54, 1.807) is 0 Å². The van der Waals surface area contributed by atoms with Crippen LogP contribution in [0.2, 0.25) is 0 Å². The highest BCUT2D eigenvalue weighted by Gasteiger charge is 2.19. The molecule has 1 aromatic carbocycles. The third-order valence-corrected chi connectivity index (χ3v) is 5.52. The smallest absolute Gasteiger partial charge is 0.126 e. The van der Waals surface area contributed by atoms with Gasteiger partial charge in [-0.1, -0.05) is 30.3 Å². The minimum atomic E-state index is 0.829. The van der Waals surface area contributed by atoms with Crippen molar-refractivity contribution >= 4 is 16.7 Å². The lowest BCUT2D eigenvalue weighted by atomic mass is 9.90. The maximum Gasteiger partial charge on any atom is 0.126 e. The summed E-state index contributed by atoms with van der Waals surface area (Å²) >= 11 is 0. The first kappa shape index (κ1) is 17.9. The molecule has 4 nitrogen and oxygen atoms in total. The number of aryl methyl sites for hydroxylation is 1. The van der Waals surface area contributed by atoms with Crippen molar-refractivity contribution in [2.75, 3.05) is 31.5 Å². The highest BCUT2D eigenvalue weighted by Crippen LogP contribution is 2.21.